The number of ether oxygens (including phenoxy) is 1. The molecule has 6 heteroatoms. The van der Waals surface area contributed by atoms with Gasteiger partial charge in [-0.1, -0.05) is 54.1 Å². The number of nitrogens with zero attached hydrogens (tertiary/aromatic N) is 1. The lowest BCUT2D eigenvalue weighted by Gasteiger charge is -2.10. The fourth-order valence-corrected chi connectivity index (χ4v) is 3.80. The van der Waals surface area contributed by atoms with Crippen molar-refractivity contribution in [2.45, 2.75) is 13.0 Å². The number of hydrogen-bond donors (Lipinski definition) is 1. The molecule has 1 N–H and O–H groups in total. The second-order valence-corrected chi connectivity index (χ2v) is 7.66. The summed E-state index contributed by atoms with van der Waals surface area (Å²) in [5, 5.41) is 9.23. The first-order chi connectivity index (χ1) is 13.7. The van der Waals surface area contributed by atoms with Crippen molar-refractivity contribution in [2.24, 2.45) is 0 Å². The molecule has 2 aromatic carbocycles. The number of aromatic nitrogens is 2. The molecule has 0 aliphatic rings. The third-order valence-corrected chi connectivity index (χ3v) is 5.47. The van der Waals surface area contributed by atoms with E-state index >= 15 is 0 Å². The Morgan fingerprint density at radius 3 is 2.61 bits per heavy atom. The number of hydrogen-bond acceptors (Lipinski definition) is 4. The molecule has 0 saturated carbocycles. The summed E-state index contributed by atoms with van der Waals surface area (Å²) in [6.07, 6.45) is 0.467. The fourth-order valence-electron chi connectivity index (χ4n) is 2.85. The normalized spacial score (nSPS) is 10.8. The molecule has 140 valence electrons. The Bertz CT molecular complexity index is 1120. The minimum Gasteiger partial charge on any atom is -0.487 e. The minimum absolute atomic E-state index is 0.194. The first-order valence-electron chi connectivity index (χ1n) is 8.77. The van der Waals surface area contributed by atoms with E-state index in [-0.39, 0.29) is 5.56 Å². The van der Waals surface area contributed by atoms with Gasteiger partial charge in [-0.05, 0) is 40.8 Å². The highest BCUT2D eigenvalue weighted by molar-refractivity contribution is 7.13. The molecule has 2 heterocycles. The number of thiophene rings is 1. The number of nitrogens with one attached hydrogen (secondary N) is 1. The number of H-pyrrole nitrogens is 1. The molecule has 0 unspecified atom stereocenters. The van der Waals surface area contributed by atoms with Gasteiger partial charge in [-0.15, -0.1) is 11.3 Å². The summed E-state index contributed by atoms with van der Waals surface area (Å²) in [7, 11) is 0. The largest absolute Gasteiger partial charge is 0.487 e. The van der Waals surface area contributed by atoms with E-state index in [0.717, 1.165) is 21.7 Å². The van der Waals surface area contributed by atoms with Gasteiger partial charge < -0.3 is 4.74 Å². The quantitative estimate of drug-likeness (QED) is 0.469. The first kappa shape index (κ1) is 18.5. The summed E-state index contributed by atoms with van der Waals surface area (Å²) in [6.45, 7) is 0.452. The van der Waals surface area contributed by atoms with Crippen molar-refractivity contribution in [2.75, 3.05) is 0 Å². The average Bonchev–Trinajstić information content (AvgIpc) is 3.25. The smallest absolute Gasteiger partial charge is 0.267 e. The van der Waals surface area contributed by atoms with E-state index in [9.17, 15) is 4.79 Å². The van der Waals surface area contributed by atoms with Crippen molar-refractivity contribution in [3.05, 3.63) is 104 Å². The van der Waals surface area contributed by atoms with Crippen LogP contribution in [-0.2, 0) is 13.0 Å². The molecule has 0 aliphatic heterocycles. The lowest BCUT2D eigenvalue weighted by atomic mass is 10.1. The van der Waals surface area contributed by atoms with Gasteiger partial charge in [0, 0.05) is 12.0 Å². The molecule has 0 fully saturated rings. The van der Waals surface area contributed by atoms with Gasteiger partial charge in [0.1, 0.15) is 18.1 Å². The summed E-state index contributed by atoms with van der Waals surface area (Å²) in [5.41, 5.74) is 3.23. The predicted octanol–water partition coefficient (Wildman–Crippen LogP) is 5.32. The van der Waals surface area contributed by atoms with Crippen molar-refractivity contribution >= 4 is 22.9 Å². The summed E-state index contributed by atoms with van der Waals surface area (Å²) in [5.74, 6) is 0.622. The van der Waals surface area contributed by atoms with Crippen LogP contribution in [0, 0.1) is 0 Å². The molecule has 4 aromatic rings. The van der Waals surface area contributed by atoms with Gasteiger partial charge in [0.15, 0.2) is 0 Å². The van der Waals surface area contributed by atoms with E-state index in [0.29, 0.717) is 29.4 Å². The standard InChI is InChI=1S/C22H17ClN2O2S/c23-18-12-16(8-9-20(18)27-14-15-5-2-1-3-6-15)11-17-13-19(24-25-22(17)26)21-7-4-10-28-21/h1-10,12-13H,11,14H2,(H,25,26). The maximum absolute atomic E-state index is 12.2. The number of rotatable bonds is 6. The zero-order valence-corrected chi connectivity index (χ0v) is 16.5. The van der Waals surface area contributed by atoms with E-state index in [1.807, 2.05) is 72.1 Å². The van der Waals surface area contributed by atoms with Gasteiger partial charge in [0.2, 0.25) is 0 Å². The van der Waals surface area contributed by atoms with Crippen LogP contribution >= 0.6 is 22.9 Å². The third-order valence-electron chi connectivity index (χ3n) is 4.28. The molecule has 0 radical (unpaired) electrons. The van der Waals surface area contributed by atoms with Crippen LogP contribution in [0.1, 0.15) is 16.7 Å². The molecule has 0 bridgehead atoms. The molecule has 0 spiro atoms. The maximum Gasteiger partial charge on any atom is 0.267 e. The van der Waals surface area contributed by atoms with Crippen LogP contribution in [0.2, 0.25) is 5.02 Å². The van der Waals surface area contributed by atoms with Gasteiger partial charge in [-0.2, -0.15) is 5.10 Å². The molecule has 4 rings (SSSR count). The van der Waals surface area contributed by atoms with Gasteiger partial charge in [0.25, 0.3) is 5.56 Å². The van der Waals surface area contributed by atoms with Crippen molar-refractivity contribution in [1.29, 1.82) is 0 Å². The van der Waals surface area contributed by atoms with Crippen LogP contribution in [0.4, 0.5) is 0 Å². The monoisotopic (exact) mass is 408 g/mol. The van der Waals surface area contributed by atoms with Crippen molar-refractivity contribution in [3.63, 3.8) is 0 Å². The van der Waals surface area contributed by atoms with Crippen molar-refractivity contribution in [1.82, 2.24) is 10.2 Å². The Hall–Kier alpha value is -2.89. The zero-order valence-electron chi connectivity index (χ0n) is 14.9. The van der Waals surface area contributed by atoms with Gasteiger partial charge >= 0.3 is 0 Å². The fraction of sp³-hybridized carbons (Fsp3) is 0.0909. The molecule has 2 aromatic heterocycles. The molecular weight excluding hydrogens is 392 g/mol. The molecule has 0 atom stereocenters. The molecule has 28 heavy (non-hydrogen) atoms. The van der Waals surface area contributed by atoms with Crippen LogP contribution in [0.5, 0.6) is 5.75 Å². The van der Waals surface area contributed by atoms with Gasteiger partial charge in [0.05, 0.1) is 9.90 Å². The Kier molecular flexibility index (Phi) is 5.55. The molecule has 0 amide bonds. The van der Waals surface area contributed by atoms with Crippen LogP contribution in [-0.4, -0.2) is 10.2 Å². The van der Waals surface area contributed by atoms with Crippen LogP contribution in [0.15, 0.2) is 76.9 Å². The summed E-state index contributed by atoms with van der Waals surface area (Å²) in [6, 6.07) is 21.3. The van der Waals surface area contributed by atoms with Crippen molar-refractivity contribution in [3.8, 4) is 16.3 Å². The second kappa shape index (κ2) is 8.42. The Morgan fingerprint density at radius 1 is 1.00 bits per heavy atom. The summed E-state index contributed by atoms with van der Waals surface area (Å²) < 4.78 is 5.81. The highest BCUT2D eigenvalue weighted by atomic mass is 35.5. The van der Waals surface area contributed by atoms with E-state index < -0.39 is 0 Å². The van der Waals surface area contributed by atoms with E-state index in [4.69, 9.17) is 16.3 Å². The SMILES string of the molecule is O=c1[nH]nc(-c2cccs2)cc1Cc1ccc(OCc2ccccc2)c(Cl)c1. The highest BCUT2D eigenvalue weighted by Gasteiger charge is 2.09. The van der Waals surface area contributed by atoms with E-state index in [1.54, 1.807) is 11.3 Å². The number of benzene rings is 2. The predicted molar refractivity (Wildman–Crippen MR) is 113 cm³/mol. The number of aromatic amines is 1. The molecular formula is C22H17ClN2O2S. The van der Waals surface area contributed by atoms with Crippen LogP contribution in [0.3, 0.4) is 0 Å². The van der Waals surface area contributed by atoms with Crippen LogP contribution in [0.25, 0.3) is 10.6 Å². The molecule has 4 nitrogen and oxygen atoms in total. The van der Waals surface area contributed by atoms with E-state index in [2.05, 4.69) is 10.2 Å². The van der Waals surface area contributed by atoms with Crippen LogP contribution < -0.4 is 10.3 Å². The lowest BCUT2D eigenvalue weighted by molar-refractivity contribution is 0.306. The minimum atomic E-state index is -0.194. The van der Waals surface area contributed by atoms with E-state index in [1.165, 1.54) is 0 Å². The van der Waals surface area contributed by atoms with Gasteiger partial charge in [-0.3, -0.25) is 4.79 Å². The second-order valence-electron chi connectivity index (χ2n) is 6.30. The lowest BCUT2D eigenvalue weighted by Crippen LogP contribution is -2.14. The highest BCUT2D eigenvalue weighted by Crippen LogP contribution is 2.28. The van der Waals surface area contributed by atoms with Gasteiger partial charge in [-0.25, -0.2) is 5.10 Å². The summed E-state index contributed by atoms with van der Waals surface area (Å²) >= 11 is 7.98. The topological polar surface area (TPSA) is 55.0 Å². The number of halogens is 1. The van der Waals surface area contributed by atoms with Crippen molar-refractivity contribution < 1.29 is 4.74 Å². The first-order valence-corrected chi connectivity index (χ1v) is 10.0. The molecule has 0 saturated heterocycles. The summed E-state index contributed by atoms with van der Waals surface area (Å²) in [4.78, 5) is 13.2. The Morgan fingerprint density at radius 2 is 1.86 bits per heavy atom. The maximum atomic E-state index is 12.2. The Balaban J connectivity index is 1.50. The third kappa shape index (κ3) is 4.32. The Labute approximate surface area is 171 Å². The average molecular weight is 409 g/mol. The zero-order chi connectivity index (χ0) is 19.3. The molecule has 0 aliphatic carbocycles.